The van der Waals surface area contributed by atoms with Gasteiger partial charge in [-0.2, -0.15) is 0 Å². The Morgan fingerprint density at radius 3 is 2.57 bits per heavy atom. The van der Waals surface area contributed by atoms with Crippen LogP contribution in [0.25, 0.3) is 0 Å². The quantitative estimate of drug-likeness (QED) is 0.648. The van der Waals surface area contributed by atoms with Crippen LogP contribution in [0.2, 0.25) is 0 Å². The molecular formula is C13H23N. The minimum absolute atomic E-state index is 0.743. The lowest BCUT2D eigenvalue weighted by atomic mass is 9.97. The molecule has 0 radical (unpaired) electrons. The van der Waals surface area contributed by atoms with Gasteiger partial charge in [0.25, 0.3) is 0 Å². The molecule has 0 saturated heterocycles. The second kappa shape index (κ2) is 6.02. The molecule has 0 spiro atoms. The Morgan fingerprint density at radius 1 is 1.36 bits per heavy atom. The molecule has 0 saturated carbocycles. The SMILES string of the molecule is CCN(CC)CCC1=CCC(C)C=C1. The first kappa shape index (κ1) is 11.5. The zero-order chi connectivity index (χ0) is 10.4. The van der Waals surface area contributed by atoms with Crippen LogP contribution in [0.4, 0.5) is 0 Å². The first-order valence-corrected chi connectivity index (χ1v) is 5.85. The molecule has 0 amide bonds. The van der Waals surface area contributed by atoms with Gasteiger partial charge in [0, 0.05) is 6.54 Å². The van der Waals surface area contributed by atoms with Crippen molar-refractivity contribution >= 4 is 0 Å². The van der Waals surface area contributed by atoms with Crippen LogP contribution in [0.1, 0.15) is 33.6 Å². The molecule has 1 heteroatoms. The van der Waals surface area contributed by atoms with E-state index in [1.807, 2.05) is 0 Å². The molecule has 0 aromatic heterocycles. The van der Waals surface area contributed by atoms with Crippen molar-refractivity contribution in [2.24, 2.45) is 5.92 Å². The number of nitrogens with zero attached hydrogens (tertiary/aromatic N) is 1. The van der Waals surface area contributed by atoms with E-state index in [0.29, 0.717) is 0 Å². The van der Waals surface area contributed by atoms with Gasteiger partial charge in [0.15, 0.2) is 0 Å². The largest absolute Gasteiger partial charge is 0.304 e. The van der Waals surface area contributed by atoms with Gasteiger partial charge in [0.05, 0.1) is 0 Å². The van der Waals surface area contributed by atoms with Crippen molar-refractivity contribution in [3.05, 3.63) is 23.8 Å². The average molecular weight is 193 g/mol. The highest BCUT2D eigenvalue weighted by Gasteiger charge is 2.04. The summed E-state index contributed by atoms with van der Waals surface area (Å²) in [4.78, 5) is 2.48. The van der Waals surface area contributed by atoms with Crippen molar-refractivity contribution in [3.8, 4) is 0 Å². The van der Waals surface area contributed by atoms with Crippen LogP contribution >= 0.6 is 0 Å². The number of rotatable bonds is 5. The third kappa shape index (κ3) is 3.67. The van der Waals surface area contributed by atoms with E-state index in [1.165, 1.54) is 38.0 Å². The highest BCUT2D eigenvalue weighted by Crippen LogP contribution is 2.17. The van der Waals surface area contributed by atoms with Crippen LogP contribution in [0.3, 0.4) is 0 Å². The van der Waals surface area contributed by atoms with Gasteiger partial charge >= 0.3 is 0 Å². The fraction of sp³-hybridized carbons (Fsp3) is 0.692. The molecule has 0 aromatic carbocycles. The molecule has 1 unspecified atom stereocenters. The summed E-state index contributed by atoms with van der Waals surface area (Å²) >= 11 is 0. The zero-order valence-corrected chi connectivity index (χ0v) is 9.79. The molecule has 0 aromatic rings. The lowest BCUT2D eigenvalue weighted by Crippen LogP contribution is -2.24. The number of hydrogen-bond donors (Lipinski definition) is 0. The predicted octanol–water partition coefficient (Wildman–Crippen LogP) is 3.24. The Kier molecular flexibility index (Phi) is 4.95. The molecule has 80 valence electrons. The fourth-order valence-corrected chi connectivity index (χ4v) is 1.78. The summed E-state index contributed by atoms with van der Waals surface area (Å²) in [6.45, 7) is 10.3. The van der Waals surface area contributed by atoms with Crippen molar-refractivity contribution in [3.63, 3.8) is 0 Å². The molecule has 1 atom stereocenters. The maximum Gasteiger partial charge on any atom is 0.00215 e. The van der Waals surface area contributed by atoms with Gasteiger partial charge in [-0.1, -0.05) is 44.6 Å². The summed E-state index contributed by atoms with van der Waals surface area (Å²) in [5.74, 6) is 0.743. The minimum atomic E-state index is 0.743. The summed E-state index contributed by atoms with van der Waals surface area (Å²) < 4.78 is 0. The van der Waals surface area contributed by atoms with Gasteiger partial charge in [0.2, 0.25) is 0 Å². The fourth-order valence-electron chi connectivity index (χ4n) is 1.78. The topological polar surface area (TPSA) is 3.24 Å². The molecule has 1 aliphatic rings. The highest BCUT2D eigenvalue weighted by atomic mass is 15.1. The van der Waals surface area contributed by atoms with E-state index in [9.17, 15) is 0 Å². The number of allylic oxidation sites excluding steroid dienone is 3. The summed E-state index contributed by atoms with van der Waals surface area (Å²) in [5, 5.41) is 0. The van der Waals surface area contributed by atoms with E-state index >= 15 is 0 Å². The predicted molar refractivity (Wildman–Crippen MR) is 63.4 cm³/mol. The van der Waals surface area contributed by atoms with Crippen molar-refractivity contribution in [1.29, 1.82) is 0 Å². The molecule has 14 heavy (non-hydrogen) atoms. The maximum atomic E-state index is 2.48. The average Bonchev–Trinajstić information content (AvgIpc) is 2.22. The van der Waals surface area contributed by atoms with E-state index in [2.05, 4.69) is 43.9 Å². The molecule has 0 aliphatic heterocycles. The zero-order valence-electron chi connectivity index (χ0n) is 9.79. The van der Waals surface area contributed by atoms with Gasteiger partial charge in [-0.05, 0) is 31.8 Å². The van der Waals surface area contributed by atoms with Gasteiger partial charge in [0.1, 0.15) is 0 Å². The smallest absolute Gasteiger partial charge is 0.00215 e. The van der Waals surface area contributed by atoms with E-state index < -0.39 is 0 Å². The highest BCUT2D eigenvalue weighted by molar-refractivity contribution is 5.23. The monoisotopic (exact) mass is 193 g/mol. The third-order valence-corrected chi connectivity index (χ3v) is 3.00. The third-order valence-electron chi connectivity index (χ3n) is 3.00. The Labute approximate surface area is 88.5 Å². The summed E-state index contributed by atoms with van der Waals surface area (Å²) in [5.41, 5.74) is 1.52. The lowest BCUT2D eigenvalue weighted by Gasteiger charge is -2.19. The van der Waals surface area contributed by atoms with Gasteiger partial charge < -0.3 is 4.90 Å². The Bertz CT molecular complexity index is 211. The van der Waals surface area contributed by atoms with Crippen molar-refractivity contribution < 1.29 is 0 Å². The molecule has 0 bridgehead atoms. The van der Waals surface area contributed by atoms with Gasteiger partial charge in [-0.15, -0.1) is 0 Å². The van der Waals surface area contributed by atoms with Crippen molar-refractivity contribution in [1.82, 2.24) is 4.90 Å². The van der Waals surface area contributed by atoms with Crippen LogP contribution in [0.5, 0.6) is 0 Å². The number of hydrogen-bond acceptors (Lipinski definition) is 1. The second-order valence-electron chi connectivity index (χ2n) is 4.13. The van der Waals surface area contributed by atoms with Crippen LogP contribution in [0, 0.1) is 5.92 Å². The maximum absolute atomic E-state index is 2.48. The molecule has 0 fully saturated rings. The Morgan fingerprint density at radius 2 is 2.07 bits per heavy atom. The summed E-state index contributed by atoms with van der Waals surface area (Å²) in [7, 11) is 0. The van der Waals surface area contributed by atoms with Crippen molar-refractivity contribution in [2.45, 2.75) is 33.6 Å². The summed E-state index contributed by atoms with van der Waals surface area (Å²) in [6, 6.07) is 0. The van der Waals surface area contributed by atoms with Crippen LogP contribution in [0.15, 0.2) is 23.8 Å². The van der Waals surface area contributed by atoms with E-state index in [1.54, 1.807) is 0 Å². The molecular weight excluding hydrogens is 170 g/mol. The lowest BCUT2D eigenvalue weighted by molar-refractivity contribution is 0.308. The molecule has 1 rings (SSSR count). The molecule has 0 N–H and O–H groups in total. The Balaban J connectivity index is 2.28. The first-order chi connectivity index (χ1) is 6.76. The van der Waals surface area contributed by atoms with Crippen LogP contribution in [-0.2, 0) is 0 Å². The Hall–Kier alpha value is -0.560. The standard InChI is InChI=1S/C13H23N/c1-4-14(5-2)11-10-13-8-6-12(3)7-9-13/h6,8-9,12H,4-5,7,10-11H2,1-3H3. The molecule has 0 heterocycles. The molecule has 1 aliphatic carbocycles. The normalized spacial score (nSPS) is 21.4. The van der Waals surface area contributed by atoms with E-state index in [-0.39, 0.29) is 0 Å². The second-order valence-corrected chi connectivity index (χ2v) is 4.13. The van der Waals surface area contributed by atoms with E-state index in [0.717, 1.165) is 5.92 Å². The van der Waals surface area contributed by atoms with Gasteiger partial charge in [-0.3, -0.25) is 0 Å². The molecule has 1 nitrogen and oxygen atoms in total. The van der Waals surface area contributed by atoms with Crippen molar-refractivity contribution in [2.75, 3.05) is 19.6 Å². The first-order valence-electron chi connectivity index (χ1n) is 5.85. The van der Waals surface area contributed by atoms with Crippen LogP contribution in [-0.4, -0.2) is 24.5 Å². The van der Waals surface area contributed by atoms with Gasteiger partial charge in [-0.25, -0.2) is 0 Å². The van der Waals surface area contributed by atoms with E-state index in [4.69, 9.17) is 0 Å². The minimum Gasteiger partial charge on any atom is -0.304 e. The van der Waals surface area contributed by atoms with Crippen LogP contribution < -0.4 is 0 Å². The summed E-state index contributed by atoms with van der Waals surface area (Å²) in [6.07, 6.45) is 9.47.